The predicted molar refractivity (Wildman–Crippen MR) is 126 cm³/mol. The van der Waals surface area contributed by atoms with Gasteiger partial charge in [0.25, 0.3) is 0 Å². The number of nitrogens with one attached hydrogen (secondary N) is 2. The molecule has 4 rings (SSSR count). The van der Waals surface area contributed by atoms with E-state index in [0.29, 0.717) is 16.9 Å². The highest BCUT2D eigenvalue weighted by Gasteiger charge is 2.40. The van der Waals surface area contributed by atoms with Crippen LogP contribution in [0.15, 0.2) is 53.4 Å². The third-order valence-corrected chi connectivity index (χ3v) is 8.40. The second kappa shape index (κ2) is 10.0. The Balaban J connectivity index is 1.54. The summed E-state index contributed by atoms with van der Waals surface area (Å²) in [6.07, 6.45) is 12.6. The minimum atomic E-state index is -3.20. The summed E-state index contributed by atoms with van der Waals surface area (Å²) in [6.45, 7) is 0.688. The number of benzene rings is 2. The summed E-state index contributed by atoms with van der Waals surface area (Å²) in [5, 5.41) is 7.45. The molecule has 2 unspecified atom stereocenters. The zero-order chi connectivity index (χ0) is 22.6. The van der Waals surface area contributed by atoms with E-state index in [1.54, 1.807) is 12.1 Å². The van der Waals surface area contributed by atoms with Crippen molar-refractivity contribution in [3.8, 4) is 0 Å². The molecule has 0 aromatic heterocycles. The zero-order valence-electron chi connectivity index (χ0n) is 18.9. The van der Waals surface area contributed by atoms with Crippen molar-refractivity contribution in [2.24, 2.45) is 5.41 Å². The van der Waals surface area contributed by atoms with E-state index in [9.17, 15) is 12.8 Å². The van der Waals surface area contributed by atoms with Gasteiger partial charge in [0.05, 0.1) is 11.1 Å². The molecule has 2 aromatic rings. The Morgan fingerprint density at radius 2 is 1.56 bits per heavy atom. The van der Waals surface area contributed by atoms with Gasteiger partial charge >= 0.3 is 0 Å². The van der Waals surface area contributed by atoms with Gasteiger partial charge in [0.1, 0.15) is 5.82 Å². The lowest BCUT2D eigenvalue weighted by Crippen LogP contribution is -2.52. The topological polar surface area (TPSA) is 58.2 Å². The molecule has 2 aromatic carbocycles. The Bertz CT molecular complexity index is 981. The molecule has 32 heavy (non-hydrogen) atoms. The summed E-state index contributed by atoms with van der Waals surface area (Å²) in [5.41, 5.74) is 2.51. The van der Waals surface area contributed by atoms with Crippen LogP contribution in [0.5, 0.6) is 0 Å². The van der Waals surface area contributed by atoms with E-state index in [1.165, 1.54) is 63.3 Å². The molecule has 4 nitrogen and oxygen atoms in total. The maximum Gasteiger partial charge on any atom is 0.175 e. The molecule has 2 atom stereocenters. The average Bonchev–Trinajstić information content (AvgIpc) is 2.76. The molecule has 2 aliphatic rings. The highest BCUT2D eigenvalue weighted by molar-refractivity contribution is 7.90. The third-order valence-electron chi connectivity index (χ3n) is 7.27. The summed E-state index contributed by atoms with van der Waals surface area (Å²) in [6, 6.07) is 14.2. The molecule has 6 heteroatoms. The molecule has 1 aliphatic heterocycles. The monoisotopic (exact) mass is 458 g/mol. The predicted octanol–water partition coefficient (Wildman–Crippen LogP) is 5.50. The molecule has 1 saturated carbocycles. The average molecular weight is 459 g/mol. The second-order valence-electron chi connectivity index (χ2n) is 9.80. The van der Waals surface area contributed by atoms with Crippen molar-refractivity contribution in [2.45, 2.75) is 81.4 Å². The number of sulfone groups is 1. The largest absolute Gasteiger partial charge is 0.298 e. The molecule has 174 valence electrons. The molecular formula is C26H35FN2O2S. The molecular weight excluding hydrogens is 423 g/mol. The Morgan fingerprint density at radius 1 is 0.938 bits per heavy atom. The molecule has 1 spiro atoms. The Morgan fingerprint density at radius 3 is 2.19 bits per heavy atom. The van der Waals surface area contributed by atoms with Crippen molar-refractivity contribution in [1.29, 1.82) is 0 Å². The fourth-order valence-corrected chi connectivity index (χ4v) is 6.14. The first kappa shape index (κ1) is 23.4. The summed E-state index contributed by atoms with van der Waals surface area (Å²) < 4.78 is 37.0. The van der Waals surface area contributed by atoms with Crippen LogP contribution >= 0.6 is 0 Å². The Hall–Kier alpha value is -1.76. The minimum Gasteiger partial charge on any atom is -0.298 e. The smallest absolute Gasteiger partial charge is 0.175 e. The number of hydrogen-bond acceptors (Lipinski definition) is 4. The van der Waals surface area contributed by atoms with Crippen LogP contribution in [0.3, 0.4) is 0 Å². The van der Waals surface area contributed by atoms with E-state index < -0.39 is 9.84 Å². The number of halogens is 1. The van der Waals surface area contributed by atoms with E-state index >= 15 is 0 Å². The van der Waals surface area contributed by atoms with E-state index in [2.05, 4.69) is 10.6 Å². The van der Waals surface area contributed by atoms with Crippen molar-refractivity contribution < 1.29 is 12.8 Å². The van der Waals surface area contributed by atoms with Gasteiger partial charge in [-0.3, -0.25) is 10.6 Å². The van der Waals surface area contributed by atoms with Crippen LogP contribution in [0, 0.1) is 11.2 Å². The lowest BCUT2D eigenvalue weighted by Gasteiger charge is -2.47. The fraction of sp³-hybridized carbons (Fsp3) is 0.538. The van der Waals surface area contributed by atoms with Crippen LogP contribution < -0.4 is 10.6 Å². The van der Waals surface area contributed by atoms with Gasteiger partial charge in [0.2, 0.25) is 0 Å². The lowest BCUT2D eigenvalue weighted by molar-refractivity contribution is 0.0784. The SMILES string of the molecule is CS(=O)(=O)c1ccc(C2CC3(CCCCCCC3)CC(NCc3ccc(F)cc3)N2)cc1. The zero-order valence-corrected chi connectivity index (χ0v) is 19.8. The van der Waals surface area contributed by atoms with Gasteiger partial charge in [-0.25, -0.2) is 12.8 Å². The summed E-state index contributed by atoms with van der Waals surface area (Å²) in [4.78, 5) is 0.365. The molecule has 1 aliphatic carbocycles. The first-order valence-electron chi connectivity index (χ1n) is 11.9. The van der Waals surface area contributed by atoms with E-state index in [4.69, 9.17) is 0 Å². The highest BCUT2D eigenvalue weighted by Crippen LogP contribution is 2.47. The maximum absolute atomic E-state index is 13.3. The van der Waals surface area contributed by atoms with Gasteiger partial charge in [0, 0.05) is 18.8 Å². The van der Waals surface area contributed by atoms with E-state index in [0.717, 1.165) is 24.0 Å². The van der Waals surface area contributed by atoms with Crippen LogP contribution in [0.25, 0.3) is 0 Å². The van der Waals surface area contributed by atoms with Crippen LogP contribution in [0.2, 0.25) is 0 Å². The van der Waals surface area contributed by atoms with Gasteiger partial charge < -0.3 is 0 Å². The summed E-state index contributed by atoms with van der Waals surface area (Å²) in [7, 11) is -3.20. The van der Waals surface area contributed by atoms with Gasteiger partial charge in [-0.1, -0.05) is 56.4 Å². The van der Waals surface area contributed by atoms with Crippen molar-refractivity contribution in [1.82, 2.24) is 10.6 Å². The molecule has 0 bridgehead atoms. The molecule has 2 fully saturated rings. The summed E-state index contributed by atoms with van der Waals surface area (Å²) in [5.74, 6) is -0.212. The Kier molecular flexibility index (Phi) is 7.33. The van der Waals surface area contributed by atoms with Crippen molar-refractivity contribution in [3.63, 3.8) is 0 Å². The quantitative estimate of drug-likeness (QED) is 0.621. The van der Waals surface area contributed by atoms with Crippen molar-refractivity contribution >= 4 is 9.84 Å². The fourth-order valence-electron chi connectivity index (χ4n) is 5.51. The standard InChI is InChI=1S/C26H35FN2O2S/c1-32(30,31)23-13-9-21(10-14-23)24-17-26(15-5-3-2-4-6-16-26)18-25(29-24)28-19-20-7-11-22(27)12-8-20/h7-14,24-25,28-29H,2-6,15-19H2,1H3. The van der Waals surface area contributed by atoms with E-state index in [1.807, 2.05) is 24.3 Å². The minimum absolute atomic E-state index is 0.160. The molecule has 2 N–H and O–H groups in total. The van der Waals surface area contributed by atoms with Gasteiger partial charge in [-0.2, -0.15) is 0 Å². The van der Waals surface area contributed by atoms with Crippen molar-refractivity contribution in [2.75, 3.05) is 6.26 Å². The van der Waals surface area contributed by atoms with Crippen LogP contribution in [-0.2, 0) is 16.4 Å². The normalized spacial score (nSPS) is 24.1. The highest BCUT2D eigenvalue weighted by atomic mass is 32.2. The molecule has 1 saturated heterocycles. The van der Waals surface area contributed by atoms with Crippen LogP contribution in [0.1, 0.15) is 75.0 Å². The number of piperidine rings is 1. The number of hydrogen-bond donors (Lipinski definition) is 2. The van der Waals surface area contributed by atoms with Crippen LogP contribution in [-0.4, -0.2) is 20.8 Å². The summed E-state index contributed by atoms with van der Waals surface area (Å²) >= 11 is 0. The maximum atomic E-state index is 13.3. The van der Waals surface area contributed by atoms with Crippen molar-refractivity contribution in [3.05, 3.63) is 65.5 Å². The number of rotatable bonds is 5. The second-order valence-corrected chi connectivity index (χ2v) is 11.8. The molecule has 0 amide bonds. The molecule has 1 heterocycles. The Labute approximate surface area is 191 Å². The first-order chi connectivity index (χ1) is 15.3. The van der Waals surface area contributed by atoms with Gasteiger partial charge in [-0.15, -0.1) is 0 Å². The van der Waals surface area contributed by atoms with Gasteiger partial charge in [-0.05, 0) is 66.5 Å². The molecule has 0 radical (unpaired) electrons. The van der Waals surface area contributed by atoms with E-state index in [-0.39, 0.29) is 18.0 Å². The van der Waals surface area contributed by atoms with Gasteiger partial charge in [0.15, 0.2) is 9.84 Å². The van der Waals surface area contributed by atoms with Crippen LogP contribution in [0.4, 0.5) is 4.39 Å². The third kappa shape index (κ3) is 5.97. The lowest BCUT2D eigenvalue weighted by atomic mass is 9.66. The first-order valence-corrected chi connectivity index (χ1v) is 13.8.